The van der Waals surface area contributed by atoms with Crippen LogP contribution in [0.1, 0.15) is 25.1 Å². The van der Waals surface area contributed by atoms with E-state index in [0.717, 1.165) is 11.4 Å². The van der Waals surface area contributed by atoms with Crippen molar-refractivity contribution in [1.82, 2.24) is 10.3 Å². The van der Waals surface area contributed by atoms with Gasteiger partial charge in [0.05, 0.1) is 24.8 Å². The molecule has 2 atom stereocenters. The minimum Gasteiger partial charge on any atom is -0.497 e. The van der Waals surface area contributed by atoms with Crippen molar-refractivity contribution in [3.8, 4) is 5.75 Å². The van der Waals surface area contributed by atoms with Crippen LogP contribution in [0.25, 0.3) is 0 Å². The average Bonchev–Trinajstić information content (AvgIpc) is 3.04. The number of nitrogens with zero attached hydrogens (tertiary/aromatic N) is 2. The van der Waals surface area contributed by atoms with Crippen LogP contribution in [0.15, 0.2) is 48.7 Å². The summed E-state index contributed by atoms with van der Waals surface area (Å²) in [6.45, 7) is 2.25. The molecule has 130 valence electrons. The Kier molecular flexibility index (Phi) is 4.97. The monoisotopic (exact) mass is 339 g/mol. The third-order valence-electron chi connectivity index (χ3n) is 4.35. The van der Waals surface area contributed by atoms with Crippen molar-refractivity contribution in [3.05, 3.63) is 54.4 Å². The van der Waals surface area contributed by atoms with Crippen LogP contribution < -0.4 is 15.0 Å². The Bertz CT molecular complexity index is 764. The summed E-state index contributed by atoms with van der Waals surface area (Å²) in [4.78, 5) is 30.8. The van der Waals surface area contributed by atoms with Gasteiger partial charge in [-0.1, -0.05) is 12.1 Å². The van der Waals surface area contributed by atoms with Crippen LogP contribution in [-0.4, -0.2) is 30.5 Å². The van der Waals surface area contributed by atoms with Gasteiger partial charge in [-0.3, -0.25) is 14.6 Å². The zero-order valence-corrected chi connectivity index (χ0v) is 14.3. The number of benzene rings is 1. The number of methoxy groups -OCH3 is 1. The number of pyridine rings is 1. The first-order valence-electron chi connectivity index (χ1n) is 8.24. The molecule has 1 aliphatic rings. The van der Waals surface area contributed by atoms with E-state index in [-0.39, 0.29) is 30.2 Å². The normalized spacial score (nSPS) is 18.1. The molecule has 2 amide bonds. The largest absolute Gasteiger partial charge is 0.497 e. The Hall–Kier alpha value is -2.89. The molecule has 0 aliphatic carbocycles. The fourth-order valence-corrected chi connectivity index (χ4v) is 2.95. The number of carbonyl (C=O) groups excluding carboxylic acids is 2. The number of anilines is 1. The van der Waals surface area contributed by atoms with E-state index < -0.39 is 0 Å². The Balaban J connectivity index is 1.66. The van der Waals surface area contributed by atoms with Gasteiger partial charge in [0.1, 0.15) is 5.75 Å². The minimum absolute atomic E-state index is 0.0566. The first-order chi connectivity index (χ1) is 12.1. The van der Waals surface area contributed by atoms with E-state index in [1.54, 1.807) is 24.3 Å². The lowest BCUT2D eigenvalue weighted by molar-refractivity contribution is -0.126. The van der Waals surface area contributed by atoms with Crippen molar-refractivity contribution in [2.24, 2.45) is 5.92 Å². The molecule has 0 saturated carbocycles. The van der Waals surface area contributed by atoms with E-state index in [2.05, 4.69) is 10.3 Å². The molecule has 6 nitrogen and oxygen atoms in total. The zero-order valence-electron chi connectivity index (χ0n) is 14.3. The van der Waals surface area contributed by atoms with Crippen molar-refractivity contribution in [2.75, 3.05) is 18.6 Å². The predicted molar refractivity (Wildman–Crippen MR) is 94.2 cm³/mol. The molecule has 1 fully saturated rings. The maximum atomic E-state index is 12.5. The molecule has 2 heterocycles. The highest BCUT2D eigenvalue weighted by Crippen LogP contribution is 2.28. The molecule has 6 heteroatoms. The molecule has 0 radical (unpaired) electrons. The fourth-order valence-electron chi connectivity index (χ4n) is 2.95. The van der Waals surface area contributed by atoms with Crippen molar-refractivity contribution < 1.29 is 14.3 Å². The summed E-state index contributed by atoms with van der Waals surface area (Å²) < 4.78 is 5.20. The first kappa shape index (κ1) is 17.0. The second-order valence-corrected chi connectivity index (χ2v) is 6.09. The van der Waals surface area contributed by atoms with Crippen molar-refractivity contribution in [1.29, 1.82) is 0 Å². The fraction of sp³-hybridized carbons (Fsp3) is 0.316. The minimum atomic E-state index is -0.370. The van der Waals surface area contributed by atoms with Gasteiger partial charge in [-0.15, -0.1) is 0 Å². The summed E-state index contributed by atoms with van der Waals surface area (Å²) >= 11 is 0. The smallest absolute Gasteiger partial charge is 0.227 e. The molecule has 1 aromatic carbocycles. The van der Waals surface area contributed by atoms with Gasteiger partial charge < -0.3 is 15.0 Å². The number of rotatable bonds is 5. The van der Waals surface area contributed by atoms with Crippen LogP contribution in [0.2, 0.25) is 0 Å². The number of hydrogen-bond acceptors (Lipinski definition) is 4. The standard InChI is InChI=1S/C19H21N3O3/c1-13(17-8-3-4-9-20-17)21-19(24)14-10-18(23)22(12-14)15-6-5-7-16(11-15)25-2/h3-9,11,13-14H,10,12H2,1-2H3,(H,21,24)/t13-,14-/m1/s1. The molecular weight excluding hydrogens is 318 g/mol. The highest BCUT2D eigenvalue weighted by Gasteiger charge is 2.35. The number of nitrogens with one attached hydrogen (secondary N) is 1. The second kappa shape index (κ2) is 7.34. The van der Waals surface area contributed by atoms with Gasteiger partial charge in [0.15, 0.2) is 0 Å². The maximum Gasteiger partial charge on any atom is 0.227 e. The molecule has 0 bridgehead atoms. The number of ether oxygens (including phenoxy) is 1. The molecule has 1 N–H and O–H groups in total. The van der Waals surface area contributed by atoms with Crippen LogP contribution in [0.3, 0.4) is 0 Å². The Labute approximate surface area is 146 Å². The van der Waals surface area contributed by atoms with E-state index in [0.29, 0.717) is 12.3 Å². The number of hydrogen-bond donors (Lipinski definition) is 1. The highest BCUT2D eigenvalue weighted by molar-refractivity contribution is 6.00. The summed E-state index contributed by atoms with van der Waals surface area (Å²) in [6.07, 6.45) is 1.90. The third kappa shape index (κ3) is 3.79. The van der Waals surface area contributed by atoms with Crippen molar-refractivity contribution in [3.63, 3.8) is 0 Å². The van der Waals surface area contributed by atoms with E-state index in [1.807, 2.05) is 43.3 Å². The van der Waals surface area contributed by atoms with Crippen LogP contribution in [-0.2, 0) is 9.59 Å². The lowest BCUT2D eigenvalue weighted by atomic mass is 10.1. The number of carbonyl (C=O) groups is 2. The SMILES string of the molecule is COc1cccc(N2C[C@H](C(=O)N[C@H](C)c3ccccn3)CC2=O)c1. The first-order valence-corrected chi connectivity index (χ1v) is 8.24. The summed E-state index contributed by atoms with van der Waals surface area (Å²) in [5, 5.41) is 2.95. The van der Waals surface area contributed by atoms with Gasteiger partial charge in [-0.05, 0) is 31.2 Å². The van der Waals surface area contributed by atoms with Gasteiger partial charge in [-0.25, -0.2) is 0 Å². The lowest BCUT2D eigenvalue weighted by Crippen LogP contribution is -2.34. The molecule has 1 aromatic heterocycles. The Morgan fingerprint density at radius 2 is 2.16 bits per heavy atom. The average molecular weight is 339 g/mol. The molecular formula is C19H21N3O3. The summed E-state index contributed by atoms with van der Waals surface area (Å²) in [7, 11) is 1.58. The Morgan fingerprint density at radius 3 is 2.88 bits per heavy atom. The topological polar surface area (TPSA) is 71.5 Å². The van der Waals surface area contributed by atoms with Gasteiger partial charge in [-0.2, -0.15) is 0 Å². The molecule has 25 heavy (non-hydrogen) atoms. The van der Waals surface area contributed by atoms with Crippen molar-refractivity contribution >= 4 is 17.5 Å². The van der Waals surface area contributed by atoms with E-state index >= 15 is 0 Å². The second-order valence-electron chi connectivity index (χ2n) is 6.09. The molecule has 2 aromatic rings. The predicted octanol–water partition coefficient (Wildman–Crippen LogP) is 2.32. The molecule has 3 rings (SSSR count). The molecule has 1 aliphatic heterocycles. The molecule has 0 unspecified atom stereocenters. The van der Waals surface area contributed by atoms with Gasteiger partial charge in [0.2, 0.25) is 11.8 Å². The quantitative estimate of drug-likeness (QED) is 0.907. The van der Waals surface area contributed by atoms with Crippen LogP contribution in [0.5, 0.6) is 5.75 Å². The van der Waals surface area contributed by atoms with E-state index in [1.165, 1.54) is 0 Å². The van der Waals surface area contributed by atoms with Crippen LogP contribution in [0, 0.1) is 5.92 Å². The highest BCUT2D eigenvalue weighted by atomic mass is 16.5. The zero-order chi connectivity index (χ0) is 17.8. The van der Waals surface area contributed by atoms with Gasteiger partial charge in [0.25, 0.3) is 0 Å². The molecule has 0 spiro atoms. The lowest BCUT2D eigenvalue weighted by Gasteiger charge is -2.19. The van der Waals surface area contributed by atoms with Crippen LogP contribution in [0.4, 0.5) is 5.69 Å². The number of amides is 2. The maximum absolute atomic E-state index is 12.5. The summed E-state index contributed by atoms with van der Waals surface area (Å²) in [6, 6.07) is 12.7. The number of aromatic nitrogens is 1. The van der Waals surface area contributed by atoms with Gasteiger partial charge >= 0.3 is 0 Å². The van der Waals surface area contributed by atoms with E-state index in [9.17, 15) is 9.59 Å². The molecule has 1 saturated heterocycles. The van der Waals surface area contributed by atoms with Crippen molar-refractivity contribution in [2.45, 2.75) is 19.4 Å². The Morgan fingerprint density at radius 1 is 1.32 bits per heavy atom. The summed E-state index contributed by atoms with van der Waals surface area (Å²) in [5.74, 6) is 0.127. The summed E-state index contributed by atoms with van der Waals surface area (Å²) in [5.41, 5.74) is 1.54. The van der Waals surface area contributed by atoms with E-state index in [4.69, 9.17) is 4.74 Å². The van der Waals surface area contributed by atoms with Crippen LogP contribution >= 0.6 is 0 Å². The third-order valence-corrected chi connectivity index (χ3v) is 4.35. The van der Waals surface area contributed by atoms with Gasteiger partial charge in [0, 0.05) is 30.9 Å².